The van der Waals surface area contributed by atoms with E-state index in [-0.39, 0.29) is 11.4 Å². The Bertz CT molecular complexity index is 670. The Morgan fingerprint density at radius 3 is 2.73 bits per heavy atom. The Morgan fingerprint density at radius 1 is 1.27 bits per heavy atom. The topological polar surface area (TPSA) is 51.5 Å². The first-order chi connectivity index (χ1) is 10.6. The van der Waals surface area contributed by atoms with Gasteiger partial charge in [-0.1, -0.05) is 24.3 Å². The standard InChI is InChI=1S/C18H21NO3/c1-13-5-3-4-6-14(13)11-18(9-10-18)19-17(20)16-8-7-15(22-16)12-21-2/h3-8H,9-12H2,1-2H3,(H,19,20). The quantitative estimate of drug-likeness (QED) is 0.891. The summed E-state index contributed by atoms with van der Waals surface area (Å²) in [4.78, 5) is 12.3. The molecule has 1 fully saturated rings. The van der Waals surface area contributed by atoms with Gasteiger partial charge in [-0.3, -0.25) is 4.79 Å². The van der Waals surface area contributed by atoms with Gasteiger partial charge < -0.3 is 14.5 Å². The summed E-state index contributed by atoms with van der Waals surface area (Å²) in [6.07, 6.45) is 2.90. The molecule has 1 amide bonds. The fraction of sp³-hybridized carbons (Fsp3) is 0.389. The van der Waals surface area contributed by atoms with Gasteiger partial charge in [0.2, 0.25) is 0 Å². The van der Waals surface area contributed by atoms with Gasteiger partial charge in [-0.25, -0.2) is 0 Å². The highest BCUT2D eigenvalue weighted by molar-refractivity contribution is 5.92. The van der Waals surface area contributed by atoms with Gasteiger partial charge in [-0.05, 0) is 49.4 Å². The fourth-order valence-corrected chi connectivity index (χ4v) is 2.69. The van der Waals surface area contributed by atoms with Gasteiger partial charge in [0.05, 0.1) is 0 Å². The van der Waals surface area contributed by atoms with Crippen molar-refractivity contribution < 1.29 is 13.9 Å². The number of nitrogens with one attached hydrogen (secondary N) is 1. The SMILES string of the molecule is COCc1ccc(C(=O)NC2(Cc3ccccc3C)CC2)o1. The molecule has 22 heavy (non-hydrogen) atoms. The molecule has 2 aromatic rings. The second-order valence-electron chi connectivity index (χ2n) is 6.04. The van der Waals surface area contributed by atoms with Crippen LogP contribution in [0, 0.1) is 6.92 Å². The van der Waals surface area contributed by atoms with E-state index in [9.17, 15) is 4.79 Å². The van der Waals surface area contributed by atoms with Crippen molar-refractivity contribution in [3.05, 3.63) is 59.0 Å². The molecule has 3 rings (SSSR count). The molecule has 0 aliphatic heterocycles. The third-order valence-electron chi connectivity index (χ3n) is 4.19. The van der Waals surface area contributed by atoms with Crippen LogP contribution in [-0.2, 0) is 17.8 Å². The summed E-state index contributed by atoms with van der Waals surface area (Å²) >= 11 is 0. The van der Waals surface area contributed by atoms with Gasteiger partial charge >= 0.3 is 0 Å². The van der Waals surface area contributed by atoms with E-state index in [0.717, 1.165) is 19.3 Å². The Hall–Kier alpha value is -2.07. The summed E-state index contributed by atoms with van der Waals surface area (Å²) in [5.74, 6) is 0.868. The fourth-order valence-electron chi connectivity index (χ4n) is 2.69. The Kier molecular flexibility index (Phi) is 4.03. The lowest BCUT2D eigenvalue weighted by atomic mass is 9.99. The van der Waals surface area contributed by atoms with E-state index >= 15 is 0 Å². The second-order valence-corrected chi connectivity index (χ2v) is 6.04. The Balaban J connectivity index is 1.66. The first kappa shape index (κ1) is 14.9. The molecule has 0 saturated heterocycles. The minimum Gasteiger partial charge on any atom is -0.453 e. The summed E-state index contributed by atoms with van der Waals surface area (Å²) < 4.78 is 10.5. The molecule has 1 N–H and O–H groups in total. The largest absolute Gasteiger partial charge is 0.453 e. The third-order valence-corrected chi connectivity index (χ3v) is 4.19. The van der Waals surface area contributed by atoms with Crippen molar-refractivity contribution >= 4 is 5.91 Å². The molecule has 1 aliphatic carbocycles. The lowest BCUT2D eigenvalue weighted by molar-refractivity contribution is 0.0894. The minimum absolute atomic E-state index is 0.114. The molecule has 1 aliphatic rings. The molecular weight excluding hydrogens is 278 g/mol. The molecule has 0 atom stereocenters. The zero-order chi connectivity index (χ0) is 15.6. The predicted octanol–water partition coefficient (Wildman–Crippen LogP) is 3.24. The zero-order valence-electron chi connectivity index (χ0n) is 13.0. The summed E-state index contributed by atoms with van der Waals surface area (Å²) in [5.41, 5.74) is 2.44. The highest BCUT2D eigenvalue weighted by Crippen LogP contribution is 2.39. The van der Waals surface area contributed by atoms with E-state index < -0.39 is 0 Å². The van der Waals surface area contributed by atoms with E-state index in [1.807, 2.05) is 12.1 Å². The van der Waals surface area contributed by atoms with Gasteiger partial charge in [0.1, 0.15) is 12.4 Å². The van der Waals surface area contributed by atoms with Crippen molar-refractivity contribution in [2.24, 2.45) is 0 Å². The lowest BCUT2D eigenvalue weighted by Gasteiger charge is -2.18. The lowest BCUT2D eigenvalue weighted by Crippen LogP contribution is -2.38. The Morgan fingerprint density at radius 2 is 2.05 bits per heavy atom. The molecule has 116 valence electrons. The van der Waals surface area contributed by atoms with Crippen molar-refractivity contribution in [2.45, 2.75) is 38.3 Å². The number of hydrogen-bond acceptors (Lipinski definition) is 3. The van der Waals surface area contributed by atoms with Gasteiger partial charge in [0, 0.05) is 12.6 Å². The van der Waals surface area contributed by atoms with Crippen LogP contribution in [0.3, 0.4) is 0 Å². The van der Waals surface area contributed by atoms with Crippen molar-refractivity contribution in [1.82, 2.24) is 5.32 Å². The first-order valence-corrected chi connectivity index (χ1v) is 7.57. The van der Waals surface area contributed by atoms with Crippen molar-refractivity contribution in [3.63, 3.8) is 0 Å². The third kappa shape index (κ3) is 3.22. The summed E-state index contributed by atoms with van der Waals surface area (Å²) in [7, 11) is 1.60. The molecule has 1 saturated carbocycles. The summed E-state index contributed by atoms with van der Waals surface area (Å²) in [5, 5.41) is 3.14. The minimum atomic E-state index is -0.145. The van der Waals surface area contributed by atoms with Gasteiger partial charge in [0.25, 0.3) is 5.91 Å². The van der Waals surface area contributed by atoms with Crippen LogP contribution >= 0.6 is 0 Å². The number of hydrogen-bond donors (Lipinski definition) is 1. The van der Waals surface area contributed by atoms with E-state index in [4.69, 9.17) is 9.15 Å². The van der Waals surface area contributed by atoms with Crippen molar-refractivity contribution in [1.29, 1.82) is 0 Å². The molecule has 1 heterocycles. The van der Waals surface area contributed by atoms with Crippen LogP contribution in [0.25, 0.3) is 0 Å². The summed E-state index contributed by atoms with van der Waals surface area (Å²) in [6.45, 7) is 2.48. The average molecular weight is 299 g/mol. The zero-order valence-corrected chi connectivity index (χ0v) is 13.0. The number of furan rings is 1. The maximum Gasteiger partial charge on any atom is 0.287 e. The van der Waals surface area contributed by atoms with Gasteiger partial charge in [-0.2, -0.15) is 0 Å². The first-order valence-electron chi connectivity index (χ1n) is 7.57. The van der Waals surface area contributed by atoms with Gasteiger partial charge in [-0.15, -0.1) is 0 Å². The number of rotatable bonds is 6. The van der Waals surface area contributed by atoms with Crippen LogP contribution < -0.4 is 5.32 Å². The second kappa shape index (κ2) is 5.97. The van der Waals surface area contributed by atoms with E-state index in [1.165, 1.54) is 11.1 Å². The van der Waals surface area contributed by atoms with Crippen molar-refractivity contribution in [2.75, 3.05) is 7.11 Å². The molecule has 0 bridgehead atoms. The molecule has 4 nitrogen and oxygen atoms in total. The summed E-state index contributed by atoms with van der Waals surface area (Å²) in [6, 6.07) is 11.8. The van der Waals surface area contributed by atoms with Crippen LogP contribution in [0.1, 0.15) is 40.3 Å². The molecule has 0 spiro atoms. The molecule has 1 aromatic carbocycles. The monoisotopic (exact) mass is 299 g/mol. The van der Waals surface area contributed by atoms with Crippen LogP contribution in [0.15, 0.2) is 40.8 Å². The van der Waals surface area contributed by atoms with Crippen LogP contribution in [0.2, 0.25) is 0 Å². The number of carbonyl (C=O) groups excluding carboxylic acids is 1. The number of amides is 1. The predicted molar refractivity (Wildman–Crippen MR) is 83.7 cm³/mol. The highest BCUT2D eigenvalue weighted by atomic mass is 16.5. The molecule has 0 unspecified atom stereocenters. The van der Waals surface area contributed by atoms with E-state index in [2.05, 4.69) is 24.4 Å². The maximum absolute atomic E-state index is 12.3. The molecule has 1 aromatic heterocycles. The smallest absolute Gasteiger partial charge is 0.287 e. The normalized spacial score (nSPS) is 15.5. The Labute approximate surface area is 130 Å². The van der Waals surface area contributed by atoms with Gasteiger partial charge in [0.15, 0.2) is 5.76 Å². The van der Waals surface area contributed by atoms with Crippen LogP contribution in [-0.4, -0.2) is 18.6 Å². The molecule has 0 radical (unpaired) electrons. The average Bonchev–Trinajstić information content (AvgIpc) is 3.07. The number of aryl methyl sites for hydroxylation is 1. The molecule has 4 heteroatoms. The maximum atomic E-state index is 12.3. The number of carbonyl (C=O) groups is 1. The highest BCUT2D eigenvalue weighted by Gasteiger charge is 2.44. The number of benzene rings is 1. The number of ether oxygens (including phenoxy) is 1. The van der Waals surface area contributed by atoms with Crippen LogP contribution in [0.4, 0.5) is 0 Å². The molecular formula is C18H21NO3. The van der Waals surface area contributed by atoms with E-state index in [1.54, 1.807) is 19.2 Å². The van der Waals surface area contributed by atoms with Crippen molar-refractivity contribution in [3.8, 4) is 0 Å². The van der Waals surface area contributed by atoms with E-state index in [0.29, 0.717) is 18.1 Å². The number of methoxy groups -OCH3 is 1. The van der Waals surface area contributed by atoms with Crippen LogP contribution in [0.5, 0.6) is 0 Å².